The zero-order valence-corrected chi connectivity index (χ0v) is 20.5. The van der Waals surface area contributed by atoms with Gasteiger partial charge in [-0.1, -0.05) is 24.3 Å². The summed E-state index contributed by atoms with van der Waals surface area (Å²) < 4.78 is 64.7. The number of anilines is 1. The summed E-state index contributed by atoms with van der Waals surface area (Å²) >= 11 is 0. The van der Waals surface area contributed by atoms with E-state index in [1.165, 1.54) is 17.2 Å². The van der Waals surface area contributed by atoms with Crippen LogP contribution < -0.4 is 10.6 Å². The molecule has 1 aliphatic carbocycles. The monoisotopic (exact) mass is 515 g/mol. The Hall–Kier alpha value is -2.91. The van der Waals surface area contributed by atoms with Crippen LogP contribution in [0.1, 0.15) is 42.4 Å². The molecule has 2 aliphatic rings. The molecule has 2 N–H and O–H groups in total. The van der Waals surface area contributed by atoms with Crippen molar-refractivity contribution in [3.8, 4) is 11.1 Å². The predicted octanol–water partition coefficient (Wildman–Crippen LogP) is 5.61. The van der Waals surface area contributed by atoms with Crippen molar-refractivity contribution in [2.75, 3.05) is 11.9 Å². The Kier molecular flexibility index (Phi) is 6.78. The van der Waals surface area contributed by atoms with E-state index < -0.39 is 26.8 Å². The van der Waals surface area contributed by atoms with Gasteiger partial charge < -0.3 is 10.6 Å². The van der Waals surface area contributed by atoms with Crippen LogP contribution in [0.3, 0.4) is 0 Å². The van der Waals surface area contributed by atoms with Crippen LogP contribution in [0.4, 0.5) is 19.0 Å². The van der Waals surface area contributed by atoms with Gasteiger partial charge >= 0.3 is 6.18 Å². The van der Waals surface area contributed by atoms with Crippen molar-refractivity contribution in [3.05, 3.63) is 77.5 Å². The van der Waals surface area contributed by atoms with Crippen molar-refractivity contribution in [2.24, 2.45) is 0 Å². The Morgan fingerprint density at radius 3 is 2.28 bits per heavy atom. The van der Waals surface area contributed by atoms with E-state index in [2.05, 4.69) is 33.8 Å². The third-order valence-corrected chi connectivity index (χ3v) is 9.44. The highest BCUT2D eigenvalue weighted by Crippen LogP contribution is 2.33. The summed E-state index contributed by atoms with van der Waals surface area (Å²) in [5, 5.41) is 6.05. The molecule has 36 heavy (non-hydrogen) atoms. The highest BCUT2D eigenvalue weighted by Gasteiger charge is 2.33. The maximum atomic E-state index is 13.3. The van der Waals surface area contributed by atoms with Gasteiger partial charge in [-0.15, -0.1) is 0 Å². The maximum absolute atomic E-state index is 13.3. The Morgan fingerprint density at radius 2 is 1.61 bits per heavy atom. The summed E-state index contributed by atoms with van der Waals surface area (Å²) in [6, 6.07) is 15.8. The van der Waals surface area contributed by atoms with E-state index in [0.717, 1.165) is 42.9 Å². The minimum absolute atomic E-state index is 0.0263. The molecule has 0 atom stereocenters. The number of benzene rings is 2. The summed E-state index contributed by atoms with van der Waals surface area (Å²) in [4.78, 5) is 4.18. The molecule has 2 aromatic carbocycles. The van der Waals surface area contributed by atoms with Gasteiger partial charge in [-0.05, 0) is 91.2 Å². The second-order valence-corrected chi connectivity index (χ2v) is 11.8. The third kappa shape index (κ3) is 5.27. The van der Waals surface area contributed by atoms with E-state index in [-0.39, 0.29) is 6.04 Å². The van der Waals surface area contributed by atoms with Crippen molar-refractivity contribution >= 4 is 15.7 Å². The Morgan fingerprint density at radius 1 is 0.889 bits per heavy atom. The van der Waals surface area contributed by atoms with Crippen LogP contribution in [-0.2, 0) is 29.0 Å². The fourth-order valence-electron chi connectivity index (χ4n) is 5.06. The molecule has 0 amide bonds. The maximum Gasteiger partial charge on any atom is 0.417 e. The Bertz CT molecular complexity index is 1320. The van der Waals surface area contributed by atoms with Gasteiger partial charge in [0, 0.05) is 18.8 Å². The van der Waals surface area contributed by atoms with E-state index in [1.54, 1.807) is 12.1 Å². The van der Waals surface area contributed by atoms with Gasteiger partial charge in [0.15, 0.2) is 9.84 Å². The molecule has 1 aromatic heterocycles. The quantitative estimate of drug-likeness (QED) is 0.462. The van der Waals surface area contributed by atoms with Crippen molar-refractivity contribution in [1.29, 1.82) is 0 Å². The second-order valence-electron chi connectivity index (χ2n) is 9.53. The minimum atomic E-state index is -4.42. The van der Waals surface area contributed by atoms with Gasteiger partial charge in [-0.2, -0.15) is 13.2 Å². The first kappa shape index (κ1) is 24.8. The highest BCUT2D eigenvalue weighted by molar-refractivity contribution is 7.92. The molecule has 1 aliphatic heterocycles. The van der Waals surface area contributed by atoms with Crippen LogP contribution in [-0.4, -0.2) is 31.2 Å². The molecule has 0 bridgehead atoms. The molecule has 3 aromatic rings. The molecular formula is C27H28F3N3O2S. The number of nitrogens with one attached hydrogen (secondary N) is 2. The van der Waals surface area contributed by atoms with Crippen LogP contribution in [0.25, 0.3) is 11.1 Å². The Labute approximate surface area is 209 Å². The molecule has 1 fully saturated rings. The number of hydrogen-bond donors (Lipinski definition) is 2. The number of sulfone groups is 1. The molecular weight excluding hydrogens is 487 g/mol. The predicted molar refractivity (Wildman–Crippen MR) is 133 cm³/mol. The fourth-order valence-corrected chi connectivity index (χ4v) is 6.86. The highest BCUT2D eigenvalue weighted by atomic mass is 32.2. The molecule has 9 heteroatoms. The first-order valence-electron chi connectivity index (χ1n) is 12.2. The molecule has 0 saturated heterocycles. The molecule has 5 rings (SSSR count). The van der Waals surface area contributed by atoms with Crippen LogP contribution in [0.15, 0.2) is 65.7 Å². The lowest BCUT2D eigenvalue weighted by Gasteiger charge is -2.29. The van der Waals surface area contributed by atoms with Gasteiger partial charge in [-0.3, -0.25) is 0 Å². The largest absolute Gasteiger partial charge is 0.417 e. The standard InChI is InChI=1S/C27H28F3N3O2S/c28-27(29,30)22-5-12-26(32-17-22)33-23-6-10-25(11-7-23)36(34,35)24-8-3-18(4-9-24)20-2-1-19-13-14-31-16-21(19)15-20/h1-5,8-9,12,15,17,23,25,31H,6-7,10-11,13-14,16H2,(H,32,33). The molecule has 5 nitrogen and oxygen atoms in total. The van der Waals surface area contributed by atoms with E-state index in [1.807, 2.05) is 12.1 Å². The topological polar surface area (TPSA) is 71.1 Å². The number of halogens is 3. The zero-order chi connectivity index (χ0) is 25.3. The SMILES string of the molecule is O=S(=O)(c1ccc(-c2ccc3c(c2)CNCC3)cc1)C1CCC(Nc2ccc(C(F)(F)F)cn2)CC1. The molecule has 190 valence electrons. The first-order chi connectivity index (χ1) is 17.2. The van der Waals surface area contributed by atoms with Crippen molar-refractivity contribution in [3.63, 3.8) is 0 Å². The lowest BCUT2D eigenvalue weighted by molar-refractivity contribution is -0.137. The zero-order valence-electron chi connectivity index (χ0n) is 19.7. The van der Waals surface area contributed by atoms with E-state index in [4.69, 9.17) is 0 Å². The summed E-state index contributed by atoms with van der Waals surface area (Å²) in [7, 11) is -3.47. The number of fused-ring (bicyclic) bond motifs is 1. The summed E-state index contributed by atoms with van der Waals surface area (Å²) in [6.07, 6.45) is -0.412. The number of pyridine rings is 1. The van der Waals surface area contributed by atoms with Crippen LogP contribution >= 0.6 is 0 Å². The third-order valence-electron chi connectivity index (χ3n) is 7.16. The summed E-state index contributed by atoms with van der Waals surface area (Å²) in [5.74, 6) is 0.364. The van der Waals surface area contributed by atoms with E-state index >= 15 is 0 Å². The van der Waals surface area contributed by atoms with Crippen LogP contribution in [0.2, 0.25) is 0 Å². The number of nitrogens with zero attached hydrogens (tertiary/aromatic N) is 1. The fraction of sp³-hybridized carbons (Fsp3) is 0.370. The number of rotatable bonds is 5. The van der Waals surface area contributed by atoms with Gasteiger partial charge in [0.1, 0.15) is 5.82 Å². The first-order valence-corrected chi connectivity index (χ1v) is 13.7. The minimum Gasteiger partial charge on any atom is -0.367 e. The van der Waals surface area contributed by atoms with E-state index in [0.29, 0.717) is 36.4 Å². The van der Waals surface area contributed by atoms with Gasteiger partial charge in [0.25, 0.3) is 0 Å². The molecule has 0 radical (unpaired) electrons. The van der Waals surface area contributed by atoms with Gasteiger partial charge in [0.05, 0.1) is 15.7 Å². The molecule has 2 heterocycles. The number of aromatic nitrogens is 1. The normalized spacial score (nSPS) is 20.5. The van der Waals surface area contributed by atoms with Crippen LogP contribution in [0, 0.1) is 0 Å². The lowest BCUT2D eigenvalue weighted by Crippen LogP contribution is -2.33. The van der Waals surface area contributed by atoms with Crippen molar-refractivity contribution in [1.82, 2.24) is 10.3 Å². The average molecular weight is 516 g/mol. The summed E-state index contributed by atoms with van der Waals surface area (Å²) in [5.41, 5.74) is 3.91. The molecule has 1 saturated carbocycles. The molecule has 0 unspecified atom stereocenters. The Balaban J connectivity index is 1.21. The van der Waals surface area contributed by atoms with Crippen LogP contribution in [0.5, 0.6) is 0 Å². The smallest absolute Gasteiger partial charge is 0.367 e. The van der Waals surface area contributed by atoms with E-state index in [9.17, 15) is 21.6 Å². The second kappa shape index (κ2) is 9.86. The molecule has 0 spiro atoms. The van der Waals surface area contributed by atoms with Gasteiger partial charge in [-0.25, -0.2) is 13.4 Å². The average Bonchev–Trinajstić information content (AvgIpc) is 2.88. The lowest BCUT2D eigenvalue weighted by atomic mass is 9.95. The van der Waals surface area contributed by atoms with Crippen molar-refractivity contribution in [2.45, 2.75) is 61.0 Å². The summed E-state index contributed by atoms with van der Waals surface area (Å²) in [6.45, 7) is 1.84. The van der Waals surface area contributed by atoms with Crippen molar-refractivity contribution < 1.29 is 21.6 Å². The number of hydrogen-bond acceptors (Lipinski definition) is 5. The van der Waals surface area contributed by atoms with Gasteiger partial charge in [0.2, 0.25) is 0 Å². The number of alkyl halides is 3.